The molecule has 1 aliphatic heterocycles. The number of benzene rings is 2. The van der Waals surface area contributed by atoms with Crippen molar-refractivity contribution in [1.82, 2.24) is 4.31 Å². The number of hydrogen-bond acceptors (Lipinski definition) is 6. The summed E-state index contributed by atoms with van der Waals surface area (Å²) >= 11 is 0. The maximum Gasteiger partial charge on any atom is 0.310 e. The third-order valence-corrected chi connectivity index (χ3v) is 6.78. The van der Waals surface area contributed by atoms with E-state index in [1.807, 2.05) is 0 Å². The summed E-state index contributed by atoms with van der Waals surface area (Å²) in [7, 11) is -3.54. The third-order valence-electron chi connectivity index (χ3n) is 4.87. The van der Waals surface area contributed by atoms with E-state index in [1.54, 1.807) is 24.3 Å². The molecule has 1 N–H and O–H groups in total. The van der Waals surface area contributed by atoms with Gasteiger partial charge in [0.25, 0.3) is 0 Å². The number of carbonyl (C=O) groups excluding carboxylic acids is 3. The van der Waals surface area contributed by atoms with Gasteiger partial charge >= 0.3 is 5.97 Å². The van der Waals surface area contributed by atoms with Crippen LogP contribution in [0.25, 0.3) is 0 Å². The van der Waals surface area contributed by atoms with Gasteiger partial charge in [0.15, 0.2) is 12.4 Å². The van der Waals surface area contributed by atoms with Crippen molar-refractivity contribution in [2.24, 2.45) is 0 Å². The SMILES string of the molecule is CC(=O)Nc1ccc(CC(=O)OCC(=O)c2ccc(S(=O)(=O)N3CCCC3)cc2)cc1. The molecule has 31 heavy (non-hydrogen) atoms. The van der Waals surface area contributed by atoms with E-state index in [9.17, 15) is 22.8 Å². The average Bonchev–Trinajstić information content (AvgIpc) is 3.29. The lowest BCUT2D eigenvalue weighted by Gasteiger charge is -2.15. The second-order valence-electron chi connectivity index (χ2n) is 7.27. The van der Waals surface area contributed by atoms with Gasteiger partial charge in [0.1, 0.15) is 0 Å². The zero-order chi connectivity index (χ0) is 22.4. The molecule has 0 unspecified atom stereocenters. The van der Waals surface area contributed by atoms with Crippen LogP contribution >= 0.6 is 0 Å². The highest BCUT2D eigenvalue weighted by atomic mass is 32.2. The second kappa shape index (κ2) is 9.84. The van der Waals surface area contributed by atoms with Crippen molar-refractivity contribution in [2.45, 2.75) is 31.1 Å². The fraction of sp³-hybridized carbons (Fsp3) is 0.318. The number of anilines is 1. The van der Waals surface area contributed by atoms with Crippen molar-refractivity contribution in [2.75, 3.05) is 25.0 Å². The highest BCUT2D eigenvalue weighted by molar-refractivity contribution is 7.89. The van der Waals surface area contributed by atoms with Crippen molar-refractivity contribution in [3.05, 3.63) is 59.7 Å². The van der Waals surface area contributed by atoms with Gasteiger partial charge in [-0.3, -0.25) is 14.4 Å². The van der Waals surface area contributed by atoms with Crippen LogP contribution in [0.5, 0.6) is 0 Å². The average molecular weight is 445 g/mol. The van der Waals surface area contributed by atoms with E-state index < -0.39 is 28.4 Å². The number of carbonyl (C=O) groups is 3. The molecule has 8 nitrogen and oxygen atoms in total. The number of amides is 1. The molecular formula is C22H24N2O6S. The molecule has 3 rings (SSSR count). The quantitative estimate of drug-likeness (QED) is 0.495. The number of ketones is 1. The van der Waals surface area contributed by atoms with Crippen molar-refractivity contribution in [3.8, 4) is 0 Å². The number of hydrogen-bond donors (Lipinski definition) is 1. The van der Waals surface area contributed by atoms with Crippen LogP contribution in [0.1, 0.15) is 35.7 Å². The maximum atomic E-state index is 12.5. The first-order chi connectivity index (χ1) is 14.8. The van der Waals surface area contributed by atoms with Gasteiger partial charge in [-0.15, -0.1) is 0 Å². The summed E-state index contributed by atoms with van der Waals surface area (Å²) in [6.45, 7) is 1.99. The Morgan fingerprint density at radius 1 is 0.968 bits per heavy atom. The number of sulfonamides is 1. The first-order valence-electron chi connectivity index (χ1n) is 9.91. The Labute approximate surface area is 181 Å². The Hall–Kier alpha value is -3.04. The molecule has 2 aromatic rings. The Balaban J connectivity index is 1.52. The van der Waals surface area contributed by atoms with Crippen molar-refractivity contribution in [1.29, 1.82) is 0 Å². The van der Waals surface area contributed by atoms with Crippen LogP contribution in [0, 0.1) is 0 Å². The van der Waals surface area contributed by atoms with Gasteiger partial charge in [-0.2, -0.15) is 4.31 Å². The number of Topliss-reactive ketones (excluding diaryl/α,β-unsaturated/α-hetero) is 1. The standard InChI is InChI=1S/C22H24N2O6S/c1-16(25)23-19-8-4-17(5-9-19)14-22(27)30-15-21(26)18-6-10-20(11-7-18)31(28,29)24-12-2-3-13-24/h4-11H,2-3,12-15H2,1H3,(H,23,25). The molecule has 9 heteroatoms. The first kappa shape index (κ1) is 22.6. The van der Waals surface area contributed by atoms with Crippen LogP contribution in [-0.2, 0) is 30.8 Å². The van der Waals surface area contributed by atoms with Crippen LogP contribution in [0.15, 0.2) is 53.4 Å². The Kier molecular flexibility index (Phi) is 7.19. The van der Waals surface area contributed by atoms with Gasteiger partial charge in [0, 0.05) is 31.3 Å². The number of rotatable bonds is 8. The lowest BCUT2D eigenvalue weighted by molar-refractivity contribution is -0.141. The zero-order valence-corrected chi connectivity index (χ0v) is 18.0. The van der Waals surface area contributed by atoms with Crippen LogP contribution in [0.2, 0.25) is 0 Å². The smallest absolute Gasteiger partial charge is 0.310 e. The minimum atomic E-state index is -3.54. The van der Waals surface area contributed by atoms with Gasteiger partial charge < -0.3 is 10.1 Å². The summed E-state index contributed by atoms with van der Waals surface area (Å²) in [6.07, 6.45) is 1.68. The molecule has 1 amide bonds. The fourth-order valence-corrected chi connectivity index (χ4v) is 4.76. The summed E-state index contributed by atoms with van der Waals surface area (Å²) in [4.78, 5) is 35.5. The van der Waals surface area contributed by atoms with Gasteiger partial charge in [0.2, 0.25) is 15.9 Å². The van der Waals surface area contributed by atoms with Crippen molar-refractivity contribution < 1.29 is 27.5 Å². The predicted molar refractivity (Wildman–Crippen MR) is 114 cm³/mol. The minimum absolute atomic E-state index is 0.0132. The Bertz CT molecular complexity index is 1060. The lowest BCUT2D eigenvalue weighted by atomic mass is 10.1. The number of ether oxygens (including phenoxy) is 1. The van der Waals surface area contributed by atoms with Gasteiger partial charge in [0.05, 0.1) is 11.3 Å². The molecule has 0 aromatic heterocycles. The predicted octanol–water partition coefficient (Wildman–Crippen LogP) is 2.40. The molecule has 0 spiro atoms. The summed E-state index contributed by atoms with van der Waals surface area (Å²) in [5, 5.41) is 2.63. The molecule has 0 bridgehead atoms. The van der Waals surface area contributed by atoms with E-state index in [-0.39, 0.29) is 22.8 Å². The molecule has 2 aromatic carbocycles. The van der Waals surface area contributed by atoms with Crippen LogP contribution in [-0.4, -0.2) is 50.1 Å². The van der Waals surface area contributed by atoms with Gasteiger partial charge in [-0.25, -0.2) is 8.42 Å². The molecule has 1 fully saturated rings. The summed E-state index contributed by atoms with van der Waals surface area (Å²) in [6, 6.07) is 12.4. The first-order valence-corrected chi connectivity index (χ1v) is 11.4. The van der Waals surface area contributed by atoms with Crippen LogP contribution in [0.3, 0.4) is 0 Å². The molecule has 0 radical (unpaired) electrons. The van der Waals surface area contributed by atoms with E-state index in [1.165, 1.54) is 35.5 Å². The van der Waals surface area contributed by atoms with E-state index in [0.29, 0.717) is 24.3 Å². The Morgan fingerprint density at radius 3 is 2.16 bits per heavy atom. The molecule has 0 aliphatic carbocycles. The monoisotopic (exact) mass is 444 g/mol. The van der Waals surface area contributed by atoms with Crippen molar-refractivity contribution >= 4 is 33.4 Å². The topological polar surface area (TPSA) is 110 Å². The van der Waals surface area contributed by atoms with E-state index in [4.69, 9.17) is 4.74 Å². The van der Waals surface area contributed by atoms with Crippen LogP contribution in [0.4, 0.5) is 5.69 Å². The molecule has 1 heterocycles. The molecule has 0 atom stereocenters. The molecule has 1 saturated heterocycles. The van der Waals surface area contributed by atoms with Crippen LogP contribution < -0.4 is 5.32 Å². The molecule has 164 valence electrons. The largest absolute Gasteiger partial charge is 0.457 e. The number of nitrogens with one attached hydrogen (secondary N) is 1. The molecule has 0 saturated carbocycles. The summed E-state index contributed by atoms with van der Waals surface area (Å²) < 4.78 is 31.5. The van der Waals surface area contributed by atoms with E-state index >= 15 is 0 Å². The van der Waals surface area contributed by atoms with E-state index in [0.717, 1.165) is 12.8 Å². The molecular weight excluding hydrogens is 420 g/mol. The second-order valence-corrected chi connectivity index (χ2v) is 9.21. The highest BCUT2D eigenvalue weighted by Gasteiger charge is 2.27. The maximum absolute atomic E-state index is 12.5. The van der Waals surface area contributed by atoms with E-state index in [2.05, 4.69) is 5.32 Å². The number of nitrogens with zero attached hydrogens (tertiary/aromatic N) is 1. The lowest BCUT2D eigenvalue weighted by Crippen LogP contribution is -2.27. The number of esters is 1. The zero-order valence-electron chi connectivity index (χ0n) is 17.2. The van der Waals surface area contributed by atoms with Gasteiger partial charge in [-0.05, 0) is 54.8 Å². The minimum Gasteiger partial charge on any atom is -0.457 e. The van der Waals surface area contributed by atoms with Crippen molar-refractivity contribution in [3.63, 3.8) is 0 Å². The summed E-state index contributed by atoms with van der Waals surface area (Å²) in [5.74, 6) is -1.17. The highest BCUT2D eigenvalue weighted by Crippen LogP contribution is 2.21. The summed E-state index contributed by atoms with van der Waals surface area (Å²) in [5.41, 5.74) is 1.57. The fourth-order valence-electron chi connectivity index (χ4n) is 3.25. The van der Waals surface area contributed by atoms with Gasteiger partial charge in [-0.1, -0.05) is 12.1 Å². The normalized spacial score (nSPS) is 14.2. The molecule has 1 aliphatic rings. The third kappa shape index (κ3) is 5.99. The Morgan fingerprint density at radius 2 is 1.58 bits per heavy atom.